The van der Waals surface area contributed by atoms with E-state index in [0.29, 0.717) is 4.88 Å². The van der Waals surface area contributed by atoms with Crippen LogP contribution in [-0.4, -0.2) is 18.1 Å². The molecule has 0 radical (unpaired) electrons. The Labute approximate surface area is 121 Å². The average molecular weight is 288 g/mol. The van der Waals surface area contributed by atoms with Gasteiger partial charge in [0.2, 0.25) is 0 Å². The van der Waals surface area contributed by atoms with E-state index in [-0.39, 0.29) is 12.0 Å². The number of hydrogen-bond donors (Lipinski definition) is 1. The minimum Gasteiger partial charge on any atom is -0.465 e. The Morgan fingerprint density at radius 3 is 3.15 bits per heavy atom. The summed E-state index contributed by atoms with van der Waals surface area (Å²) >= 11 is 1.34. The molecule has 0 spiro atoms. The number of esters is 1. The van der Waals surface area contributed by atoms with E-state index < -0.39 is 0 Å². The summed E-state index contributed by atoms with van der Waals surface area (Å²) in [6.45, 7) is 0. The lowest BCUT2D eigenvalue weighted by Gasteiger charge is -2.26. The molecule has 0 aliphatic heterocycles. The lowest BCUT2D eigenvalue weighted by Crippen LogP contribution is -2.17. The van der Waals surface area contributed by atoms with Crippen LogP contribution in [0.3, 0.4) is 0 Å². The molecule has 4 nitrogen and oxygen atoms in total. The molecule has 3 rings (SSSR count). The molecule has 2 aromatic rings. The highest BCUT2D eigenvalue weighted by atomic mass is 32.1. The average Bonchev–Trinajstić information content (AvgIpc) is 2.95. The molecule has 1 unspecified atom stereocenters. The first-order valence-corrected chi connectivity index (χ1v) is 7.48. The van der Waals surface area contributed by atoms with Crippen LogP contribution in [0.25, 0.3) is 0 Å². The number of hydrogen-bond acceptors (Lipinski definition) is 5. The number of methoxy groups -OCH3 is 1. The molecule has 1 aliphatic carbocycles. The normalized spacial score (nSPS) is 17.4. The Morgan fingerprint density at radius 1 is 1.45 bits per heavy atom. The Kier molecular flexibility index (Phi) is 3.69. The number of carbonyl (C=O) groups excluding carboxylic acids is 1. The topological polar surface area (TPSA) is 51.2 Å². The van der Waals surface area contributed by atoms with E-state index >= 15 is 0 Å². The van der Waals surface area contributed by atoms with Crippen LogP contribution in [0.2, 0.25) is 0 Å². The molecule has 20 heavy (non-hydrogen) atoms. The van der Waals surface area contributed by atoms with E-state index in [1.165, 1.54) is 36.0 Å². The predicted octanol–water partition coefficient (Wildman–Crippen LogP) is 3.42. The smallest absolute Gasteiger partial charge is 0.349 e. The highest BCUT2D eigenvalue weighted by molar-refractivity contribution is 7.17. The number of aryl methyl sites for hydroxylation is 1. The second-order valence-electron chi connectivity index (χ2n) is 4.81. The van der Waals surface area contributed by atoms with Crippen LogP contribution in [0.15, 0.2) is 30.5 Å². The van der Waals surface area contributed by atoms with Crippen molar-refractivity contribution in [2.75, 3.05) is 12.4 Å². The Balaban J connectivity index is 1.79. The van der Waals surface area contributed by atoms with Crippen molar-refractivity contribution in [3.63, 3.8) is 0 Å². The molecular weight excluding hydrogens is 272 g/mol. The van der Waals surface area contributed by atoms with Gasteiger partial charge in [-0.2, -0.15) is 0 Å². The molecule has 0 saturated heterocycles. The molecule has 5 heteroatoms. The Bertz CT molecular complexity index is 624. The molecule has 1 N–H and O–H groups in total. The van der Waals surface area contributed by atoms with Crippen molar-refractivity contribution in [2.24, 2.45) is 0 Å². The molecule has 0 bridgehead atoms. The van der Waals surface area contributed by atoms with Gasteiger partial charge in [-0.05, 0) is 30.4 Å². The van der Waals surface area contributed by atoms with E-state index in [9.17, 15) is 4.79 Å². The van der Waals surface area contributed by atoms with Crippen LogP contribution in [-0.2, 0) is 11.2 Å². The van der Waals surface area contributed by atoms with Crippen LogP contribution in [0.5, 0.6) is 0 Å². The number of nitrogens with zero attached hydrogens (tertiary/aromatic N) is 1. The van der Waals surface area contributed by atoms with E-state index in [0.717, 1.165) is 18.0 Å². The lowest BCUT2D eigenvalue weighted by molar-refractivity contribution is 0.0606. The van der Waals surface area contributed by atoms with Crippen LogP contribution in [0, 0.1) is 0 Å². The molecule has 1 aromatic carbocycles. The van der Waals surface area contributed by atoms with E-state index in [1.54, 1.807) is 6.20 Å². The number of rotatable bonds is 3. The summed E-state index contributed by atoms with van der Waals surface area (Å²) in [6.07, 6.45) is 4.96. The molecule has 1 atom stereocenters. The van der Waals surface area contributed by atoms with E-state index in [4.69, 9.17) is 4.74 Å². The molecular formula is C15H16N2O2S. The van der Waals surface area contributed by atoms with Crippen molar-refractivity contribution >= 4 is 22.4 Å². The van der Waals surface area contributed by atoms with Gasteiger partial charge in [-0.1, -0.05) is 35.6 Å². The number of carbonyl (C=O) groups is 1. The first-order chi connectivity index (χ1) is 9.78. The third kappa shape index (κ3) is 2.54. The molecule has 0 amide bonds. The number of anilines is 1. The third-order valence-electron chi connectivity index (χ3n) is 3.56. The monoisotopic (exact) mass is 288 g/mol. The van der Waals surface area contributed by atoms with Crippen molar-refractivity contribution in [2.45, 2.75) is 25.3 Å². The molecule has 0 saturated carbocycles. The fourth-order valence-corrected chi connectivity index (χ4v) is 3.38. The predicted molar refractivity (Wildman–Crippen MR) is 79.2 cm³/mol. The number of ether oxygens (including phenoxy) is 1. The van der Waals surface area contributed by atoms with Gasteiger partial charge in [0.15, 0.2) is 5.13 Å². The Morgan fingerprint density at radius 2 is 2.30 bits per heavy atom. The number of thiazole rings is 1. The number of nitrogens with one attached hydrogen (secondary N) is 1. The summed E-state index contributed by atoms with van der Waals surface area (Å²) in [6, 6.07) is 8.78. The third-order valence-corrected chi connectivity index (χ3v) is 4.47. The van der Waals surface area contributed by atoms with Crippen molar-refractivity contribution < 1.29 is 9.53 Å². The second-order valence-corrected chi connectivity index (χ2v) is 5.84. The summed E-state index contributed by atoms with van der Waals surface area (Å²) in [5, 5.41) is 4.21. The highest BCUT2D eigenvalue weighted by Gasteiger charge is 2.21. The number of fused-ring (bicyclic) bond motifs is 1. The lowest BCUT2D eigenvalue weighted by atomic mass is 9.88. The van der Waals surface area contributed by atoms with Crippen molar-refractivity contribution in [1.82, 2.24) is 4.98 Å². The molecule has 1 heterocycles. The zero-order valence-corrected chi connectivity index (χ0v) is 12.1. The molecule has 104 valence electrons. The van der Waals surface area contributed by atoms with Gasteiger partial charge in [0.1, 0.15) is 4.88 Å². The maximum atomic E-state index is 11.4. The maximum Gasteiger partial charge on any atom is 0.349 e. The SMILES string of the molecule is COC(=O)c1cnc(NC2CCCc3ccccc32)s1. The highest BCUT2D eigenvalue weighted by Crippen LogP contribution is 2.33. The van der Waals surface area contributed by atoms with Gasteiger partial charge in [0.05, 0.1) is 19.3 Å². The van der Waals surface area contributed by atoms with Crippen LogP contribution in [0.1, 0.15) is 39.7 Å². The van der Waals surface area contributed by atoms with Crippen LogP contribution in [0.4, 0.5) is 5.13 Å². The van der Waals surface area contributed by atoms with E-state index in [2.05, 4.69) is 34.6 Å². The molecule has 0 fully saturated rings. The molecule has 1 aromatic heterocycles. The number of aromatic nitrogens is 1. The summed E-state index contributed by atoms with van der Waals surface area (Å²) in [7, 11) is 1.38. The van der Waals surface area contributed by atoms with Gasteiger partial charge < -0.3 is 10.1 Å². The summed E-state index contributed by atoms with van der Waals surface area (Å²) in [4.78, 5) is 16.2. The van der Waals surface area contributed by atoms with Crippen LogP contribution >= 0.6 is 11.3 Å². The summed E-state index contributed by atoms with van der Waals surface area (Å²) < 4.78 is 4.70. The first kappa shape index (κ1) is 13.1. The van der Waals surface area contributed by atoms with E-state index in [1.807, 2.05) is 0 Å². The zero-order chi connectivity index (χ0) is 13.9. The summed E-state index contributed by atoms with van der Waals surface area (Å²) in [5.41, 5.74) is 2.74. The van der Waals surface area contributed by atoms with Crippen LogP contribution < -0.4 is 5.32 Å². The van der Waals surface area contributed by atoms with Gasteiger partial charge in [-0.15, -0.1) is 0 Å². The van der Waals surface area contributed by atoms with Gasteiger partial charge >= 0.3 is 5.97 Å². The fraction of sp³-hybridized carbons (Fsp3) is 0.333. The maximum absolute atomic E-state index is 11.4. The van der Waals surface area contributed by atoms with Crippen molar-refractivity contribution in [3.05, 3.63) is 46.5 Å². The van der Waals surface area contributed by atoms with Crippen molar-refractivity contribution in [3.8, 4) is 0 Å². The van der Waals surface area contributed by atoms with Crippen molar-refractivity contribution in [1.29, 1.82) is 0 Å². The Hall–Kier alpha value is -1.88. The summed E-state index contributed by atoms with van der Waals surface area (Å²) in [5.74, 6) is -0.334. The number of benzene rings is 1. The fourth-order valence-electron chi connectivity index (χ4n) is 2.59. The second kappa shape index (κ2) is 5.63. The van der Waals surface area contributed by atoms with Gasteiger partial charge in [-0.3, -0.25) is 0 Å². The minimum absolute atomic E-state index is 0.275. The quantitative estimate of drug-likeness (QED) is 0.879. The standard InChI is InChI=1S/C15H16N2O2S/c1-19-14(18)13-9-16-15(20-13)17-12-8-4-6-10-5-2-3-7-11(10)12/h2-3,5,7,9,12H,4,6,8H2,1H3,(H,16,17). The zero-order valence-electron chi connectivity index (χ0n) is 11.3. The van der Waals surface area contributed by atoms with Gasteiger partial charge in [-0.25, -0.2) is 9.78 Å². The van der Waals surface area contributed by atoms with Gasteiger partial charge in [0.25, 0.3) is 0 Å². The first-order valence-electron chi connectivity index (χ1n) is 6.66. The molecule has 1 aliphatic rings. The minimum atomic E-state index is -0.334. The van der Waals surface area contributed by atoms with Gasteiger partial charge in [0, 0.05) is 0 Å². The largest absolute Gasteiger partial charge is 0.465 e.